The van der Waals surface area contributed by atoms with Crippen LogP contribution in [0.5, 0.6) is 0 Å². The van der Waals surface area contributed by atoms with Gasteiger partial charge in [-0.3, -0.25) is 0 Å². The van der Waals surface area contributed by atoms with Crippen LogP contribution in [0.25, 0.3) is 0 Å². The second-order valence-electron chi connectivity index (χ2n) is 4.23. The van der Waals surface area contributed by atoms with Crippen LogP contribution in [0.3, 0.4) is 0 Å². The second kappa shape index (κ2) is 6.02. The molecule has 18 heavy (non-hydrogen) atoms. The molecule has 2 aromatic heterocycles. The van der Waals surface area contributed by atoms with E-state index in [0.717, 1.165) is 40.9 Å². The molecular weight excluding hydrogens is 244 g/mol. The maximum Gasteiger partial charge on any atom is 0.134 e. The van der Waals surface area contributed by atoms with E-state index in [1.54, 1.807) is 11.3 Å². The summed E-state index contributed by atoms with van der Waals surface area (Å²) in [7, 11) is 0. The summed E-state index contributed by atoms with van der Waals surface area (Å²) in [6.07, 6.45) is 2.61. The highest BCUT2D eigenvalue weighted by molar-refractivity contribution is 7.09. The molecule has 0 aliphatic carbocycles. The normalized spacial score (nSPS) is 10.8. The molecule has 0 aliphatic rings. The van der Waals surface area contributed by atoms with Crippen molar-refractivity contribution in [1.29, 1.82) is 0 Å². The van der Waals surface area contributed by atoms with Crippen molar-refractivity contribution < 1.29 is 0 Å². The number of hydrogen-bond acceptors (Lipinski definition) is 5. The van der Waals surface area contributed by atoms with Crippen molar-refractivity contribution in [1.82, 2.24) is 20.3 Å². The molecule has 0 radical (unpaired) electrons. The molecule has 0 aromatic carbocycles. The monoisotopic (exact) mass is 262 g/mol. The Kier molecular flexibility index (Phi) is 4.38. The first kappa shape index (κ1) is 13.1. The fraction of sp³-hybridized carbons (Fsp3) is 0.462. The van der Waals surface area contributed by atoms with Crippen LogP contribution in [0.1, 0.15) is 34.7 Å². The van der Waals surface area contributed by atoms with Gasteiger partial charge in [-0.2, -0.15) is 0 Å². The average molecular weight is 262 g/mol. The van der Waals surface area contributed by atoms with Crippen molar-refractivity contribution in [2.24, 2.45) is 0 Å². The van der Waals surface area contributed by atoms with Gasteiger partial charge in [0.25, 0.3) is 0 Å². The summed E-state index contributed by atoms with van der Waals surface area (Å²) in [6.45, 7) is 7.90. The lowest BCUT2D eigenvalue weighted by Crippen LogP contribution is -2.15. The molecular formula is C13H18N4S. The molecule has 0 bridgehead atoms. The van der Waals surface area contributed by atoms with Gasteiger partial charge in [-0.1, -0.05) is 6.92 Å². The van der Waals surface area contributed by atoms with Gasteiger partial charge in [-0.15, -0.1) is 11.3 Å². The fourth-order valence-corrected chi connectivity index (χ4v) is 2.29. The van der Waals surface area contributed by atoms with Crippen molar-refractivity contribution in [3.63, 3.8) is 0 Å². The minimum Gasteiger partial charge on any atom is -0.311 e. The third-order valence-corrected chi connectivity index (χ3v) is 3.50. The lowest BCUT2D eigenvalue weighted by molar-refractivity contribution is 0.697. The van der Waals surface area contributed by atoms with Crippen LogP contribution in [-0.4, -0.2) is 21.5 Å². The molecule has 0 fully saturated rings. The lowest BCUT2D eigenvalue weighted by Gasteiger charge is -2.06. The molecule has 0 aliphatic heterocycles. The zero-order valence-corrected chi connectivity index (χ0v) is 11.8. The van der Waals surface area contributed by atoms with Gasteiger partial charge in [-0.05, 0) is 26.0 Å². The summed E-state index contributed by atoms with van der Waals surface area (Å²) >= 11 is 1.67. The number of hydrogen-bond donors (Lipinski definition) is 1. The molecule has 0 unspecified atom stereocenters. The Balaban J connectivity index is 2.13. The lowest BCUT2D eigenvalue weighted by atomic mass is 10.2. The van der Waals surface area contributed by atoms with E-state index in [9.17, 15) is 0 Å². The SMILES string of the molecule is CCNCc1nc(Cc2csc(C)n2)ncc1C. The number of nitrogens with one attached hydrogen (secondary N) is 1. The number of thiazole rings is 1. The maximum absolute atomic E-state index is 4.61. The van der Waals surface area contributed by atoms with Crippen LogP contribution in [0.2, 0.25) is 0 Å². The molecule has 4 nitrogen and oxygen atoms in total. The summed E-state index contributed by atoms with van der Waals surface area (Å²) < 4.78 is 0. The zero-order valence-electron chi connectivity index (χ0n) is 11.0. The average Bonchev–Trinajstić information content (AvgIpc) is 2.75. The van der Waals surface area contributed by atoms with Gasteiger partial charge >= 0.3 is 0 Å². The van der Waals surface area contributed by atoms with E-state index < -0.39 is 0 Å². The summed E-state index contributed by atoms with van der Waals surface area (Å²) in [5.74, 6) is 0.846. The molecule has 0 amide bonds. The topological polar surface area (TPSA) is 50.7 Å². The van der Waals surface area contributed by atoms with E-state index in [0.29, 0.717) is 6.42 Å². The third-order valence-electron chi connectivity index (χ3n) is 2.67. The fourth-order valence-electron chi connectivity index (χ4n) is 1.68. The third kappa shape index (κ3) is 3.34. The highest BCUT2D eigenvalue weighted by atomic mass is 32.1. The first-order valence-electron chi connectivity index (χ1n) is 6.12. The molecule has 0 spiro atoms. The van der Waals surface area contributed by atoms with Crippen LogP contribution >= 0.6 is 11.3 Å². The van der Waals surface area contributed by atoms with Crippen LogP contribution in [0.4, 0.5) is 0 Å². The molecule has 2 aromatic rings. The highest BCUT2D eigenvalue weighted by Gasteiger charge is 2.06. The van der Waals surface area contributed by atoms with Gasteiger partial charge in [-0.25, -0.2) is 15.0 Å². The second-order valence-corrected chi connectivity index (χ2v) is 5.29. The van der Waals surface area contributed by atoms with E-state index in [4.69, 9.17) is 0 Å². The maximum atomic E-state index is 4.61. The molecule has 0 saturated heterocycles. The standard InChI is InChI=1S/C13H18N4S/c1-4-14-7-12-9(2)6-15-13(17-12)5-11-8-18-10(3)16-11/h6,8,14H,4-5,7H2,1-3H3. The van der Waals surface area contributed by atoms with Crippen LogP contribution in [0, 0.1) is 13.8 Å². The first-order chi connectivity index (χ1) is 8.69. The van der Waals surface area contributed by atoms with E-state index in [-0.39, 0.29) is 0 Å². The molecule has 96 valence electrons. The van der Waals surface area contributed by atoms with Crippen molar-refractivity contribution in [2.75, 3.05) is 6.54 Å². The number of rotatable bonds is 5. The first-order valence-corrected chi connectivity index (χ1v) is 7.00. The van der Waals surface area contributed by atoms with Crippen LogP contribution in [-0.2, 0) is 13.0 Å². The molecule has 5 heteroatoms. The molecule has 1 N–H and O–H groups in total. The number of nitrogens with zero attached hydrogens (tertiary/aromatic N) is 3. The van der Waals surface area contributed by atoms with Gasteiger partial charge in [0.15, 0.2) is 0 Å². The smallest absolute Gasteiger partial charge is 0.134 e. The van der Waals surface area contributed by atoms with E-state index in [1.165, 1.54) is 0 Å². The van der Waals surface area contributed by atoms with E-state index in [1.807, 2.05) is 20.0 Å². The van der Waals surface area contributed by atoms with Crippen LogP contribution < -0.4 is 5.32 Å². The van der Waals surface area contributed by atoms with Gasteiger partial charge in [0.05, 0.1) is 22.8 Å². The Morgan fingerprint density at radius 2 is 2.11 bits per heavy atom. The molecule has 2 rings (SSSR count). The van der Waals surface area contributed by atoms with Gasteiger partial charge < -0.3 is 5.32 Å². The van der Waals surface area contributed by atoms with E-state index in [2.05, 4.69) is 32.6 Å². The minimum atomic E-state index is 0.712. The zero-order chi connectivity index (χ0) is 13.0. The summed E-state index contributed by atoms with van der Waals surface area (Å²) in [5, 5.41) is 6.46. The van der Waals surface area contributed by atoms with E-state index >= 15 is 0 Å². The van der Waals surface area contributed by atoms with Crippen molar-refractivity contribution in [2.45, 2.75) is 33.7 Å². The van der Waals surface area contributed by atoms with Crippen molar-refractivity contribution >= 4 is 11.3 Å². The molecule has 0 atom stereocenters. The Labute approximate surface area is 112 Å². The van der Waals surface area contributed by atoms with Gasteiger partial charge in [0.2, 0.25) is 0 Å². The summed E-state index contributed by atoms with van der Waals surface area (Å²) in [5.41, 5.74) is 3.26. The minimum absolute atomic E-state index is 0.712. The number of aryl methyl sites for hydroxylation is 2. The Morgan fingerprint density at radius 3 is 2.78 bits per heavy atom. The number of aromatic nitrogens is 3. The predicted molar refractivity (Wildman–Crippen MR) is 73.8 cm³/mol. The Hall–Kier alpha value is -1.33. The highest BCUT2D eigenvalue weighted by Crippen LogP contribution is 2.12. The van der Waals surface area contributed by atoms with Crippen molar-refractivity contribution in [3.8, 4) is 0 Å². The molecule has 2 heterocycles. The predicted octanol–water partition coefficient (Wildman–Crippen LogP) is 2.25. The van der Waals surface area contributed by atoms with Gasteiger partial charge in [0, 0.05) is 18.1 Å². The summed E-state index contributed by atoms with van der Waals surface area (Å²) in [6, 6.07) is 0. The Morgan fingerprint density at radius 1 is 1.28 bits per heavy atom. The largest absolute Gasteiger partial charge is 0.311 e. The quantitative estimate of drug-likeness (QED) is 0.898. The van der Waals surface area contributed by atoms with Crippen molar-refractivity contribution in [3.05, 3.63) is 39.4 Å². The molecule has 0 saturated carbocycles. The summed E-state index contributed by atoms with van der Waals surface area (Å²) in [4.78, 5) is 13.4. The van der Waals surface area contributed by atoms with Crippen LogP contribution in [0.15, 0.2) is 11.6 Å². The van der Waals surface area contributed by atoms with Gasteiger partial charge in [0.1, 0.15) is 5.82 Å². The Bertz CT molecular complexity index is 521.